The highest BCUT2D eigenvalue weighted by molar-refractivity contribution is 7.80. The maximum atomic E-state index is 8.75. The normalized spacial score (nSPS) is 21.6. The Kier molecular flexibility index (Phi) is 4.12. The lowest BCUT2D eigenvalue weighted by molar-refractivity contribution is 0.376. The summed E-state index contributed by atoms with van der Waals surface area (Å²) >= 11 is 5.20. The Morgan fingerprint density at radius 1 is 1.69 bits per heavy atom. The molecule has 1 aliphatic rings. The van der Waals surface area contributed by atoms with Crippen LogP contribution in [-0.4, -0.2) is 53.1 Å². The minimum absolute atomic E-state index is 0.178. The summed E-state index contributed by atoms with van der Waals surface area (Å²) in [5.74, 6) is 0. The second-order valence-corrected chi connectivity index (χ2v) is 3.77. The third-order valence-corrected chi connectivity index (χ3v) is 2.77. The molecular formula is C7H15BN2O2S. The maximum Gasteiger partial charge on any atom is 0.472 e. The number of likely N-dealkylation sites (N-methyl/N-ethyl adjacent to an activating group) is 1. The van der Waals surface area contributed by atoms with E-state index < -0.39 is 7.12 Å². The van der Waals surface area contributed by atoms with Crippen LogP contribution in [0.25, 0.3) is 0 Å². The smallest absolute Gasteiger partial charge is 0.426 e. The molecule has 0 amide bonds. The van der Waals surface area contributed by atoms with Gasteiger partial charge in [0.15, 0.2) is 0 Å². The van der Waals surface area contributed by atoms with E-state index in [-0.39, 0.29) is 12.5 Å². The zero-order chi connectivity index (χ0) is 9.84. The molecule has 1 rings (SSSR count). The van der Waals surface area contributed by atoms with Crippen molar-refractivity contribution in [1.29, 1.82) is 0 Å². The fourth-order valence-corrected chi connectivity index (χ4v) is 1.77. The van der Waals surface area contributed by atoms with E-state index in [1.54, 1.807) is 11.9 Å². The standard InChI is InChI=1S/C7H15BN2O2S/c1-10(5-8(11)12)7(13)6-3-2-4-9-6/h6,9,11-12H,2-5H2,1H3/t6-/m1/s1. The van der Waals surface area contributed by atoms with Gasteiger partial charge in [0.2, 0.25) is 0 Å². The van der Waals surface area contributed by atoms with Crippen molar-refractivity contribution in [3.05, 3.63) is 0 Å². The van der Waals surface area contributed by atoms with Gasteiger partial charge in [-0.25, -0.2) is 0 Å². The minimum Gasteiger partial charge on any atom is -0.426 e. The van der Waals surface area contributed by atoms with E-state index in [2.05, 4.69) is 5.32 Å². The molecule has 3 N–H and O–H groups in total. The van der Waals surface area contributed by atoms with Crippen LogP contribution in [0.4, 0.5) is 0 Å². The largest absolute Gasteiger partial charge is 0.472 e. The van der Waals surface area contributed by atoms with Gasteiger partial charge in [0.25, 0.3) is 0 Å². The zero-order valence-electron chi connectivity index (χ0n) is 7.73. The summed E-state index contributed by atoms with van der Waals surface area (Å²) in [4.78, 5) is 2.48. The monoisotopic (exact) mass is 202 g/mol. The first-order valence-electron chi connectivity index (χ1n) is 4.45. The Morgan fingerprint density at radius 3 is 2.85 bits per heavy atom. The molecule has 0 bridgehead atoms. The summed E-state index contributed by atoms with van der Waals surface area (Å²) in [5.41, 5.74) is 0. The Hall–Kier alpha value is -0.165. The van der Waals surface area contributed by atoms with Crippen LogP contribution in [0.3, 0.4) is 0 Å². The SMILES string of the molecule is CN(CB(O)O)C(=S)[C@H]1CCCN1. The van der Waals surface area contributed by atoms with Crippen molar-refractivity contribution in [2.24, 2.45) is 0 Å². The molecule has 1 fully saturated rings. The number of nitrogens with one attached hydrogen (secondary N) is 1. The Bertz CT molecular complexity index is 185. The number of nitrogens with zero attached hydrogens (tertiary/aromatic N) is 1. The first kappa shape index (κ1) is 10.9. The molecule has 0 aromatic rings. The van der Waals surface area contributed by atoms with Crippen molar-refractivity contribution in [2.45, 2.75) is 18.9 Å². The van der Waals surface area contributed by atoms with Gasteiger partial charge in [0.05, 0.1) is 17.5 Å². The summed E-state index contributed by atoms with van der Waals surface area (Å²) in [7, 11) is 0.464. The second kappa shape index (κ2) is 4.90. The lowest BCUT2D eigenvalue weighted by Gasteiger charge is -2.23. The number of rotatable bonds is 3. The highest BCUT2D eigenvalue weighted by atomic mass is 32.1. The van der Waals surface area contributed by atoms with Gasteiger partial charge >= 0.3 is 7.12 Å². The lowest BCUT2D eigenvalue weighted by Crippen LogP contribution is -2.44. The highest BCUT2D eigenvalue weighted by Gasteiger charge is 2.23. The topological polar surface area (TPSA) is 55.7 Å². The van der Waals surface area contributed by atoms with Gasteiger partial charge in [-0.05, 0) is 19.4 Å². The van der Waals surface area contributed by atoms with Gasteiger partial charge in [-0.2, -0.15) is 0 Å². The van der Waals surface area contributed by atoms with Crippen molar-refractivity contribution in [1.82, 2.24) is 10.2 Å². The summed E-state index contributed by atoms with van der Waals surface area (Å²) in [5, 5.41) is 20.8. The summed E-state index contributed by atoms with van der Waals surface area (Å²) in [6, 6.07) is 0.235. The summed E-state index contributed by atoms with van der Waals surface area (Å²) < 4.78 is 0. The van der Waals surface area contributed by atoms with Crippen LogP contribution in [0.5, 0.6) is 0 Å². The molecule has 0 aliphatic carbocycles. The molecule has 1 saturated heterocycles. The molecule has 0 radical (unpaired) electrons. The van der Waals surface area contributed by atoms with Gasteiger partial charge in [-0.15, -0.1) is 0 Å². The van der Waals surface area contributed by atoms with Gasteiger partial charge in [0.1, 0.15) is 0 Å². The van der Waals surface area contributed by atoms with E-state index in [1.165, 1.54) is 0 Å². The molecule has 0 aromatic carbocycles. The quantitative estimate of drug-likeness (QED) is 0.405. The Labute approximate surface area is 84.1 Å². The van der Waals surface area contributed by atoms with Gasteiger partial charge in [0, 0.05) is 7.05 Å². The van der Waals surface area contributed by atoms with E-state index >= 15 is 0 Å². The van der Waals surface area contributed by atoms with Crippen LogP contribution in [0, 0.1) is 0 Å². The fraction of sp³-hybridized carbons (Fsp3) is 0.857. The molecule has 13 heavy (non-hydrogen) atoms. The molecule has 1 heterocycles. The van der Waals surface area contributed by atoms with E-state index in [1.807, 2.05) is 0 Å². The molecular weight excluding hydrogens is 187 g/mol. The average Bonchev–Trinajstić information content (AvgIpc) is 2.53. The van der Waals surface area contributed by atoms with Crippen LogP contribution >= 0.6 is 12.2 Å². The van der Waals surface area contributed by atoms with Crippen LogP contribution in [-0.2, 0) is 0 Å². The average molecular weight is 202 g/mol. The molecule has 4 nitrogen and oxygen atoms in total. The molecule has 0 unspecified atom stereocenters. The molecule has 1 atom stereocenters. The number of hydrogen-bond donors (Lipinski definition) is 3. The molecule has 6 heteroatoms. The third kappa shape index (κ3) is 3.23. The number of thiocarbonyl (C=S) groups is 1. The van der Waals surface area contributed by atoms with Gasteiger partial charge in [-0.3, -0.25) is 0 Å². The van der Waals surface area contributed by atoms with Crippen LogP contribution < -0.4 is 5.32 Å². The molecule has 0 aromatic heterocycles. The van der Waals surface area contributed by atoms with Crippen molar-refractivity contribution in [3.63, 3.8) is 0 Å². The zero-order valence-corrected chi connectivity index (χ0v) is 8.55. The predicted molar refractivity (Wildman–Crippen MR) is 56.4 cm³/mol. The van der Waals surface area contributed by atoms with E-state index in [0.29, 0.717) is 0 Å². The first-order valence-corrected chi connectivity index (χ1v) is 4.86. The Balaban J connectivity index is 2.36. The third-order valence-electron chi connectivity index (χ3n) is 2.17. The molecule has 1 aliphatic heterocycles. The second-order valence-electron chi connectivity index (χ2n) is 3.35. The fourth-order valence-electron chi connectivity index (χ4n) is 1.50. The Morgan fingerprint density at radius 2 is 2.38 bits per heavy atom. The van der Waals surface area contributed by atoms with Crippen LogP contribution in [0.15, 0.2) is 0 Å². The van der Waals surface area contributed by atoms with E-state index in [0.717, 1.165) is 24.4 Å². The molecule has 0 spiro atoms. The lowest BCUT2D eigenvalue weighted by atomic mass is 9.91. The summed E-state index contributed by atoms with van der Waals surface area (Å²) in [6.45, 7) is 1.00. The van der Waals surface area contributed by atoms with Gasteiger partial charge < -0.3 is 20.3 Å². The minimum atomic E-state index is -1.32. The van der Waals surface area contributed by atoms with Crippen LogP contribution in [0.1, 0.15) is 12.8 Å². The summed E-state index contributed by atoms with van der Waals surface area (Å²) in [6.07, 6.45) is 2.36. The number of hydrogen-bond acceptors (Lipinski definition) is 4. The van der Waals surface area contributed by atoms with Crippen molar-refractivity contribution in [2.75, 3.05) is 20.0 Å². The van der Waals surface area contributed by atoms with E-state index in [9.17, 15) is 0 Å². The predicted octanol–water partition coefficient (Wildman–Crippen LogP) is -0.990. The highest BCUT2D eigenvalue weighted by Crippen LogP contribution is 2.08. The van der Waals surface area contributed by atoms with Crippen LogP contribution in [0.2, 0.25) is 0 Å². The van der Waals surface area contributed by atoms with Crippen molar-refractivity contribution >= 4 is 24.3 Å². The first-order chi connectivity index (χ1) is 6.11. The van der Waals surface area contributed by atoms with E-state index in [4.69, 9.17) is 22.3 Å². The maximum absolute atomic E-state index is 8.75. The van der Waals surface area contributed by atoms with Gasteiger partial charge in [-0.1, -0.05) is 12.2 Å². The van der Waals surface area contributed by atoms with Crippen molar-refractivity contribution < 1.29 is 10.0 Å². The molecule has 0 saturated carbocycles. The van der Waals surface area contributed by atoms with Crippen molar-refractivity contribution in [3.8, 4) is 0 Å². The molecule has 74 valence electrons.